The van der Waals surface area contributed by atoms with Gasteiger partial charge >= 0.3 is 0 Å². The fourth-order valence-corrected chi connectivity index (χ4v) is 2.31. The lowest BCUT2D eigenvalue weighted by Gasteiger charge is -2.26. The number of rotatable bonds is 2. The van der Waals surface area contributed by atoms with Gasteiger partial charge in [-0.2, -0.15) is 0 Å². The van der Waals surface area contributed by atoms with Crippen molar-refractivity contribution >= 4 is 5.57 Å². The number of allylic oxidation sites excluding steroid dienone is 2. The van der Waals surface area contributed by atoms with Crippen LogP contribution in [0.2, 0.25) is 0 Å². The Morgan fingerprint density at radius 3 is 2.50 bits per heavy atom. The molecule has 2 rings (SSSR count). The molecule has 1 aliphatic rings. The zero-order chi connectivity index (χ0) is 11.5. The van der Waals surface area contributed by atoms with E-state index < -0.39 is 0 Å². The molecule has 0 saturated heterocycles. The van der Waals surface area contributed by atoms with Crippen molar-refractivity contribution in [3.05, 3.63) is 35.9 Å². The van der Waals surface area contributed by atoms with Gasteiger partial charge in [0, 0.05) is 6.61 Å². The van der Waals surface area contributed by atoms with Crippen LogP contribution in [0.25, 0.3) is 5.57 Å². The molecule has 2 heteroatoms. The first-order valence-corrected chi connectivity index (χ1v) is 5.81. The maximum Gasteiger partial charge on any atom is 0.115 e. The highest BCUT2D eigenvalue weighted by molar-refractivity contribution is 5.67. The predicted octanol–water partition coefficient (Wildman–Crippen LogP) is 2.81. The second-order valence-electron chi connectivity index (χ2n) is 4.58. The van der Waals surface area contributed by atoms with Crippen LogP contribution < -0.4 is 0 Å². The van der Waals surface area contributed by atoms with Gasteiger partial charge in [-0.3, -0.25) is 0 Å². The lowest BCUT2D eigenvalue weighted by atomic mass is 9.80. The molecule has 2 unspecified atom stereocenters. The van der Waals surface area contributed by atoms with Crippen molar-refractivity contribution in [1.29, 1.82) is 0 Å². The minimum Gasteiger partial charge on any atom is -0.508 e. The van der Waals surface area contributed by atoms with E-state index in [1.54, 1.807) is 12.1 Å². The maximum absolute atomic E-state index is 9.23. The van der Waals surface area contributed by atoms with E-state index in [-0.39, 0.29) is 6.61 Å². The lowest BCUT2D eigenvalue weighted by molar-refractivity contribution is 0.189. The summed E-state index contributed by atoms with van der Waals surface area (Å²) in [6, 6.07) is 7.35. The summed E-state index contributed by atoms with van der Waals surface area (Å²) < 4.78 is 0. The van der Waals surface area contributed by atoms with E-state index in [0.717, 1.165) is 12.8 Å². The molecule has 0 aliphatic heterocycles. The van der Waals surface area contributed by atoms with Crippen molar-refractivity contribution in [2.24, 2.45) is 11.8 Å². The standard InChI is InChI=1S/C14H18O2/c1-10-8-12(2-3-13(10)9-15)11-4-6-14(16)7-5-11/h4-8,10,13,15-16H,2-3,9H2,1H3. The SMILES string of the molecule is CC1C=C(c2ccc(O)cc2)CCC1CO. The molecule has 86 valence electrons. The van der Waals surface area contributed by atoms with Crippen LogP contribution >= 0.6 is 0 Å². The molecule has 0 fully saturated rings. The highest BCUT2D eigenvalue weighted by Crippen LogP contribution is 2.33. The molecule has 0 radical (unpaired) electrons. The third-order valence-corrected chi connectivity index (χ3v) is 3.46. The molecule has 2 N–H and O–H groups in total. The first kappa shape index (κ1) is 11.2. The van der Waals surface area contributed by atoms with E-state index in [1.165, 1.54) is 11.1 Å². The summed E-state index contributed by atoms with van der Waals surface area (Å²) in [4.78, 5) is 0. The Hall–Kier alpha value is -1.28. The Labute approximate surface area is 96.2 Å². The Morgan fingerprint density at radius 2 is 1.94 bits per heavy atom. The second-order valence-corrected chi connectivity index (χ2v) is 4.58. The quantitative estimate of drug-likeness (QED) is 0.801. The topological polar surface area (TPSA) is 40.5 Å². The van der Waals surface area contributed by atoms with Crippen molar-refractivity contribution in [1.82, 2.24) is 0 Å². The molecule has 0 spiro atoms. The highest BCUT2D eigenvalue weighted by atomic mass is 16.3. The van der Waals surface area contributed by atoms with Crippen LogP contribution in [0.5, 0.6) is 5.75 Å². The van der Waals surface area contributed by atoms with Gasteiger partial charge < -0.3 is 10.2 Å². The monoisotopic (exact) mass is 218 g/mol. The molecule has 1 aromatic carbocycles. The summed E-state index contributed by atoms with van der Waals surface area (Å²) in [5.74, 6) is 1.14. The van der Waals surface area contributed by atoms with E-state index in [0.29, 0.717) is 17.6 Å². The Morgan fingerprint density at radius 1 is 1.25 bits per heavy atom. The molecule has 0 saturated carbocycles. The molecular formula is C14H18O2. The summed E-state index contributed by atoms with van der Waals surface area (Å²) in [5, 5.41) is 18.4. The fraction of sp³-hybridized carbons (Fsp3) is 0.429. The number of phenolic OH excluding ortho intramolecular Hbond substituents is 1. The highest BCUT2D eigenvalue weighted by Gasteiger charge is 2.20. The van der Waals surface area contributed by atoms with Crippen molar-refractivity contribution in [3.8, 4) is 5.75 Å². The lowest BCUT2D eigenvalue weighted by Crippen LogP contribution is -2.18. The third-order valence-electron chi connectivity index (χ3n) is 3.46. The Bertz CT molecular complexity index is 378. The van der Waals surface area contributed by atoms with E-state index in [9.17, 15) is 10.2 Å². The van der Waals surface area contributed by atoms with Gasteiger partial charge in [-0.05, 0) is 47.9 Å². The molecular weight excluding hydrogens is 200 g/mol. The van der Waals surface area contributed by atoms with Gasteiger partial charge in [0.15, 0.2) is 0 Å². The first-order valence-electron chi connectivity index (χ1n) is 5.81. The third kappa shape index (κ3) is 2.27. The summed E-state index contributed by atoms with van der Waals surface area (Å²) in [6.45, 7) is 2.43. The van der Waals surface area contributed by atoms with E-state index >= 15 is 0 Å². The molecule has 2 nitrogen and oxygen atoms in total. The predicted molar refractivity (Wildman–Crippen MR) is 65.1 cm³/mol. The van der Waals surface area contributed by atoms with Gasteiger partial charge in [0.2, 0.25) is 0 Å². The van der Waals surface area contributed by atoms with Gasteiger partial charge in [0.05, 0.1) is 0 Å². The average Bonchev–Trinajstić information content (AvgIpc) is 2.30. The average molecular weight is 218 g/mol. The minimum absolute atomic E-state index is 0.278. The number of aromatic hydroxyl groups is 1. The number of hydrogen-bond acceptors (Lipinski definition) is 2. The van der Waals surface area contributed by atoms with E-state index in [2.05, 4.69) is 13.0 Å². The molecule has 0 bridgehead atoms. The minimum atomic E-state index is 0.278. The van der Waals surface area contributed by atoms with Gasteiger partial charge in [0.1, 0.15) is 5.75 Å². The number of hydrogen-bond donors (Lipinski definition) is 2. The van der Waals surface area contributed by atoms with Gasteiger partial charge in [-0.1, -0.05) is 25.1 Å². The number of phenols is 1. The molecule has 0 heterocycles. The van der Waals surface area contributed by atoms with Crippen LogP contribution in [-0.4, -0.2) is 16.8 Å². The zero-order valence-electron chi connectivity index (χ0n) is 9.56. The van der Waals surface area contributed by atoms with Crippen LogP contribution in [0.4, 0.5) is 0 Å². The molecule has 16 heavy (non-hydrogen) atoms. The van der Waals surface area contributed by atoms with Crippen LogP contribution in [-0.2, 0) is 0 Å². The summed E-state index contributed by atoms with van der Waals surface area (Å²) >= 11 is 0. The second kappa shape index (κ2) is 4.71. The van der Waals surface area contributed by atoms with Crippen molar-refractivity contribution in [3.63, 3.8) is 0 Å². The fourth-order valence-electron chi connectivity index (χ4n) is 2.31. The summed E-state index contributed by atoms with van der Waals surface area (Å²) in [6.07, 6.45) is 4.31. The van der Waals surface area contributed by atoms with Gasteiger partial charge in [-0.25, -0.2) is 0 Å². The Kier molecular flexibility index (Phi) is 3.30. The summed E-state index contributed by atoms with van der Waals surface area (Å²) in [5.41, 5.74) is 2.51. The van der Waals surface area contributed by atoms with E-state index in [4.69, 9.17) is 0 Å². The van der Waals surface area contributed by atoms with Crippen molar-refractivity contribution in [2.75, 3.05) is 6.61 Å². The van der Waals surface area contributed by atoms with E-state index in [1.807, 2.05) is 12.1 Å². The van der Waals surface area contributed by atoms with Crippen LogP contribution in [0, 0.1) is 11.8 Å². The zero-order valence-corrected chi connectivity index (χ0v) is 9.56. The van der Waals surface area contributed by atoms with Crippen molar-refractivity contribution in [2.45, 2.75) is 19.8 Å². The maximum atomic E-state index is 9.23. The molecule has 2 atom stereocenters. The largest absolute Gasteiger partial charge is 0.508 e. The molecule has 1 aliphatic carbocycles. The Balaban J connectivity index is 2.20. The first-order chi connectivity index (χ1) is 7.70. The van der Waals surface area contributed by atoms with Crippen molar-refractivity contribution < 1.29 is 10.2 Å². The molecule has 0 amide bonds. The number of benzene rings is 1. The molecule has 1 aromatic rings. The number of aliphatic hydroxyl groups excluding tert-OH is 1. The molecule has 0 aromatic heterocycles. The van der Waals surface area contributed by atoms with Gasteiger partial charge in [-0.15, -0.1) is 0 Å². The summed E-state index contributed by atoms with van der Waals surface area (Å²) in [7, 11) is 0. The normalized spacial score (nSPS) is 25.2. The van der Waals surface area contributed by atoms with Gasteiger partial charge in [0.25, 0.3) is 0 Å². The number of aliphatic hydroxyl groups is 1. The van der Waals surface area contributed by atoms with Crippen LogP contribution in [0.3, 0.4) is 0 Å². The smallest absolute Gasteiger partial charge is 0.115 e. The van der Waals surface area contributed by atoms with Crippen LogP contribution in [0.15, 0.2) is 30.3 Å². The van der Waals surface area contributed by atoms with Crippen LogP contribution in [0.1, 0.15) is 25.3 Å².